The third-order valence-electron chi connectivity index (χ3n) is 2.32. The van der Waals surface area contributed by atoms with Gasteiger partial charge in [0.05, 0.1) is 23.6 Å². The molecule has 2 aromatic rings. The molecule has 0 saturated carbocycles. The Balaban J connectivity index is 2.37. The van der Waals surface area contributed by atoms with Gasteiger partial charge in [-0.15, -0.1) is 0 Å². The summed E-state index contributed by atoms with van der Waals surface area (Å²) in [7, 11) is 0. The van der Waals surface area contributed by atoms with Gasteiger partial charge in [0.15, 0.2) is 0 Å². The van der Waals surface area contributed by atoms with Crippen LogP contribution in [0, 0.1) is 5.82 Å². The van der Waals surface area contributed by atoms with Gasteiger partial charge in [-0.05, 0) is 23.8 Å². The minimum atomic E-state index is -0.451. The summed E-state index contributed by atoms with van der Waals surface area (Å²) in [6, 6.07) is 5.98. The lowest BCUT2D eigenvalue weighted by Crippen LogP contribution is -2.28. The maximum Gasteiger partial charge on any atom is 0.141 e. The Morgan fingerprint density at radius 3 is 2.69 bits per heavy atom. The van der Waals surface area contributed by atoms with Crippen molar-refractivity contribution >= 4 is 11.6 Å². The van der Waals surface area contributed by atoms with Crippen molar-refractivity contribution in [2.45, 2.75) is 6.04 Å². The summed E-state index contributed by atoms with van der Waals surface area (Å²) in [5, 5.41) is 0.0706. The number of hydrazine groups is 1. The van der Waals surface area contributed by atoms with Gasteiger partial charge in [0, 0.05) is 5.56 Å². The number of rotatable bonds is 3. The van der Waals surface area contributed by atoms with Crippen LogP contribution in [0.3, 0.4) is 0 Å². The molecule has 0 aliphatic rings. The highest BCUT2D eigenvalue weighted by Crippen LogP contribution is 2.25. The molecule has 1 aromatic heterocycles. The molecule has 3 N–H and O–H groups in total. The largest absolute Gasteiger partial charge is 0.472 e. The van der Waals surface area contributed by atoms with Crippen LogP contribution in [-0.4, -0.2) is 0 Å². The molecule has 0 radical (unpaired) electrons. The highest BCUT2D eigenvalue weighted by atomic mass is 35.5. The van der Waals surface area contributed by atoms with Gasteiger partial charge in [-0.2, -0.15) is 0 Å². The monoisotopic (exact) mass is 240 g/mol. The number of hydrogen-bond acceptors (Lipinski definition) is 3. The minimum absolute atomic E-state index is 0.0706. The summed E-state index contributed by atoms with van der Waals surface area (Å²) in [6.45, 7) is 0. The number of furan rings is 1. The van der Waals surface area contributed by atoms with E-state index >= 15 is 0 Å². The molecule has 1 atom stereocenters. The van der Waals surface area contributed by atoms with Crippen molar-refractivity contribution < 1.29 is 8.81 Å². The highest BCUT2D eigenvalue weighted by Gasteiger charge is 2.14. The lowest BCUT2D eigenvalue weighted by atomic mass is 10.0. The second-order valence-electron chi connectivity index (χ2n) is 3.33. The summed E-state index contributed by atoms with van der Waals surface area (Å²) in [5.74, 6) is 5.01. The molecule has 0 aliphatic carbocycles. The fourth-order valence-corrected chi connectivity index (χ4v) is 1.71. The van der Waals surface area contributed by atoms with E-state index in [2.05, 4.69) is 5.43 Å². The predicted molar refractivity (Wildman–Crippen MR) is 59.3 cm³/mol. The lowest BCUT2D eigenvalue weighted by molar-refractivity contribution is 0.553. The van der Waals surface area contributed by atoms with Crippen LogP contribution < -0.4 is 11.3 Å². The molecule has 0 aliphatic heterocycles. The van der Waals surface area contributed by atoms with Crippen LogP contribution in [0.5, 0.6) is 0 Å². The quantitative estimate of drug-likeness (QED) is 0.641. The topological polar surface area (TPSA) is 51.2 Å². The maximum absolute atomic E-state index is 13.0. The van der Waals surface area contributed by atoms with Crippen molar-refractivity contribution in [3.05, 3.63) is 58.8 Å². The number of hydrogen-bond donors (Lipinski definition) is 2. The molecule has 1 heterocycles. The molecule has 16 heavy (non-hydrogen) atoms. The lowest BCUT2D eigenvalue weighted by Gasteiger charge is -2.14. The first kappa shape index (κ1) is 11.1. The van der Waals surface area contributed by atoms with Crippen molar-refractivity contribution in [3.8, 4) is 0 Å². The SMILES string of the molecule is NNC(c1ccoc1)c1ccc(F)c(Cl)c1. The Labute approximate surface area is 97.0 Å². The third-order valence-corrected chi connectivity index (χ3v) is 2.61. The summed E-state index contributed by atoms with van der Waals surface area (Å²) in [5.41, 5.74) is 4.25. The van der Waals surface area contributed by atoms with Crippen LogP contribution in [0.4, 0.5) is 4.39 Å². The number of halogens is 2. The number of nitrogens with one attached hydrogen (secondary N) is 1. The van der Waals surface area contributed by atoms with E-state index in [1.165, 1.54) is 12.1 Å². The summed E-state index contributed by atoms with van der Waals surface area (Å²) >= 11 is 5.71. The van der Waals surface area contributed by atoms with E-state index in [-0.39, 0.29) is 11.1 Å². The molecule has 84 valence electrons. The number of benzene rings is 1. The van der Waals surface area contributed by atoms with Crippen LogP contribution in [0.1, 0.15) is 17.2 Å². The fourth-order valence-electron chi connectivity index (χ4n) is 1.52. The average Bonchev–Trinajstić information content (AvgIpc) is 2.78. The van der Waals surface area contributed by atoms with Crippen molar-refractivity contribution in [2.75, 3.05) is 0 Å². The first-order valence-corrected chi connectivity index (χ1v) is 5.03. The van der Waals surface area contributed by atoms with E-state index in [0.29, 0.717) is 0 Å². The predicted octanol–water partition coefficient (Wildman–Crippen LogP) is 2.62. The van der Waals surface area contributed by atoms with Crippen molar-refractivity contribution in [3.63, 3.8) is 0 Å². The average molecular weight is 241 g/mol. The van der Waals surface area contributed by atoms with E-state index in [1.807, 2.05) is 0 Å². The summed E-state index contributed by atoms with van der Waals surface area (Å²) in [6.07, 6.45) is 3.12. The Morgan fingerprint density at radius 2 is 2.12 bits per heavy atom. The zero-order chi connectivity index (χ0) is 11.5. The first-order chi connectivity index (χ1) is 7.72. The van der Waals surface area contributed by atoms with E-state index in [9.17, 15) is 4.39 Å². The molecule has 3 nitrogen and oxygen atoms in total. The Hall–Kier alpha value is -1.36. The van der Waals surface area contributed by atoms with Crippen molar-refractivity contribution in [1.29, 1.82) is 0 Å². The van der Waals surface area contributed by atoms with Crippen LogP contribution in [0.15, 0.2) is 41.2 Å². The zero-order valence-corrected chi connectivity index (χ0v) is 9.04. The van der Waals surface area contributed by atoms with Crippen LogP contribution >= 0.6 is 11.6 Å². The van der Waals surface area contributed by atoms with Gasteiger partial charge in [0.2, 0.25) is 0 Å². The molecule has 0 spiro atoms. The molecule has 0 saturated heterocycles. The van der Waals surface area contributed by atoms with E-state index in [0.717, 1.165) is 11.1 Å². The Kier molecular flexibility index (Phi) is 3.24. The Bertz CT molecular complexity index is 473. The van der Waals surface area contributed by atoms with Gasteiger partial charge < -0.3 is 4.42 Å². The first-order valence-electron chi connectivity index (χ1n) is 4.65. The van der Waals surface area contributed by atoms with E-state index in [4.69, 9.17) is 21.9 Å². The van der Waals surface area contributed by atoms with Crippen LogP contribution in [0.2, 0.25) is 5.02 Å². The fraction of sp³-hybridized carbons (Fsp3) is 0.0909. The number of nitrogens with two attached hydrogens (primary N) is 1. The zero-order valence-electron chi connectivity index (χ0n) is 8.28. The standard InChI is InChI=1S/C11H10ClFN2O/c12-9-5-7(1-2-10(9)13)11(15-14)8-3-4-16-6-8/h1-6,11,15H,14H2. The minimum Gasteiger partial charge on any atom is -0.472 e. The van der Waals surface area contributed by atoms with Crippen LogP contribution in [0.25, 0.3) is 0 Å². The molecule has 5 heteroatoms. The van der Waals surface area contributed by atoms with Crippen molar-refractivity contribution in [2.24, 2.45) is 5.84 Å². The van der Waals surface area contributed by atoms with Gasteiger partial charge in [-0.1, -0.05) is 17.7 Å². The summed E-state index contributed by atoms with van der Waals surface area (Å²) < 4.78 is 18.0. The highest BCUT2D eigenvalue weighted by molar-refractivity contribution is 6.30. The molecule has 1 aromatic carbocycles. The second kappa shape index (κ2) is 4.65. The second-order valence-corrected chi connectivity index (χ2v) is 3.74. The van der Waals surface area contributed by atoms with Gasteiger partial charge in [-0.25, -0.2) is 9.82 Å². The van der Waals surface area contributed by atoms with Gasteiger partial charge in [0.25, 0.3) is 0 Å². The smallest absolute Gasteiger partial charge is 0.141 e. The molecule has 0 bridgehead atoms. The Morgan fingerprint density at radius 1 is 1.31 bits per heavy atom. The van der Waals surface area contributed by atoms with Gasteiger partial charge in [-0.3, -0.25) is 5.84 Å². The van der Waals surface area contributed by atoms with Crippen LogP contribution in [-0.2, 0) is 0 Å². The molecule has 2 rings (SSSR count). The molecular weight excluding hydrogens is 231 g/mol. The summed E-state index contributed by atoms with van der Waals surface area (Å²) in [4.78, 5) is 0. The molecular formula is C11H10ClFN2O. The normalized spacial score (nSPS) is 12.7. The molecule has 1 unspecified atom stereocenters. The molecule has 0 fully saturated rings. The third kappa shape index (κ3) is 2.09. The van der Waals surface area contributed by atoms with Gasteiger partial charge >= 0.3 is 0 Å². The van der Waals surface area contributed by atoms with E-state index in [1.54, 1.807) is 24.7 Å². The van der Waals surface area contributed by atoms with E-state index < -0.39 is 5.82 Å². The maximum atomic E-state index is 13.0. The molecule has 0 amide bonds. The van der Waals surface area contributed by atoms with Crippen molar-refractivity contribution in [1.82, 2.24) is 5.43 Å². The van der Waals surface area contributed by atoms with Gasteiger partial charge in [0.1, 0.15) is 5.82 Å².